The van der Waals surface area contributed by atoms with Gasteiger partial charge in [-0.1, -0.05) is 12.8 Å². The largest absolute Gasteiger partial charge is 0.468 e. The van der Waals surface area contributed by atoms with Crippen LogP contribution >= 0.6 is 0 Å². The summed E-state index contributed by atoms with van der Waals surface area (Å²) in [4.78, 5) is 13.4. The second kappa shape index (κ2) is 6.02. The number of hydrogen-bond acceptors (Lipinski definition) is 4. The number of furan rings is 1. The summed E-state index contributed by atoms with van der Waals surface area (Å²) >= 11 is 0. The van der Waals surface area contributed by atoms with Gasteiger partial charge in [-0.3, -0.25) is 9.69 Å². The lowest BCUT2D eigenvalue weighted by Gasteiger charge is -2.33. The van der Waals surface area contributed by atoms with Crippen LogP contribution in [0.2, 0.25) is 0 Å². The Morgan fingerprint density at radius 3 is 2.72 bits per heavy atom. The minimum atomic E-state index is -0.313. The summed E-state index contributed by atoms with van der Waals surface area (Å²) in [6, 6.07) is 4.07. The summed E-state index contributed by atoms with van der Waals surface area (Å²) in [6.07, 6.45) is 6.24. The summed E-state index contributed by atoms with van der Waals surface area (Å²) < 4.78 is 5.43. The molecule has 0 spiro atoms. The van der Waals surface area contributed by atoms with Crippen LogP contribution in [0.25, 0.3) is 0 Å². The number of rotatable bonds is 6. The minimum Gasteiger partial charge on any atom is -0.468 e. The Morgan fingerprint density at radius 1 is 1.50 bits per heavy atom. The van der Waals surface area contributed by atoms with Gasteiger partial charge in [0.2, 0.25) is 5.91 Å². The summed E-state index contributed by atoms with van der Waals surface area (Å²) in [6.45, 7) is 0.671. The van der Waals surface area contributed by atoms with Crippen molar-refractivity contribution in [2.45, 2.75) is 37.8 Å². The van der Waals surface area contributed by atoms with Gasteiger partial charge in [-0.25, -0.2) is 0 Å². The third-order valence-corrected chi connectivity index (χ3v) is 3.63. The minimum absolute atomic E-state index is 0.0596. The standard InChI is InChI=1S/C13H21N3O2/c14-8-11(12-6-3-7-18-12)16(9-13(15)17)10-4-1-2-5-10/h3,6-7,10-11H,1-2,4-5,8-9,14H2,(H2,15,17). The Hall–Kier alpha value is -1.33. The predicted octanol–water partition coefficient (Wildman–Crippen LogP) is 1.01. The molecule has 2 rings (SSSR count). The van der Waals surface area contributed by atoms with Crippen LogP contribution < -0.4 is 11.5 Å². The van der Waals surface area contributed by atoms with Gasteiger partial charge in [-0.05, 0) is 25.0 Å². The highest BCUT2D eigenvalue weighted by Crippen LogP contribution is 2.30. The van der Waals surface area contributed by atoms with E-state index in [9.17, 15) is 4.79 Å². The second-order valence-electron chi connectivity index (χ2n) is 4.84. The van der Waals surface area contributed by atoms with Gasteiger partial charge in [-0.15, -0.1) is 0 Å². The third-order valence-electron chi connectivity index (χ3n) is 3.63. The average Bonchev–Trinajstić information content (AvgIpc) is 3.01. The molecule has 0 bridgehead atoms. The van der Waals surface area contributed by atoms with Crippen LogP contribution in [0.1, 0.15) is 37.5 Å². The molecular formula is C13H21N3O2. The monoisotopic (exact) mass is 251 g/mol. The normalized spacial score (nSPS) is 18.3. The smallest absolute Gasteiger partial charge is 0.231 e. The first-order valence-electron chi connectivity index (χ1n) is 6.50. The van der Waals surface area contributed by atoms with E-state index in [4.69, 9.17) is 15.9 Å². The number of nitrogens with two attached hydrogens (primary N) is 2. The molecule has 1 unspecified atom stereocenters. The van der Waals surface area contributed by atoms with E-state index in [0.29, 0.717) is 12.6 Å². The Morgan fingerprint density at radius 2 is 2.22 bits per heavy atom. The average molecular weight is 251 g/mol. The Bertz CT molecular complexity index is 372. The van der Waals surface area contributed by atoms with Crippen LogP contribution in [0.4, 0.5) is 0 Å². The summed E-state index contributed by atoms with van der Waals surface area (Å²) in [7, 11) is 0. The van der Waals surface area contributed by atoms with Gasteiger partial charge >= 0.3 is 0 Å². The van der Waals surface area contributed by atoms with Crippen molar-refractivity contribution in [3.05, 3.63) is 24.2 Å². The van der Waals surface area contributed by atoms with Crippen LogP contribution in [-0.4, -0.2) is 29.9 Å². The zero-order valence-corrected chi connectivity index (χ0v) is 10.5. The van der Waals surface area contributed by atoms with Crippen molar-refractivity contribution in [1.29, 1.82) is 0 Å². The van der Waals surface area contributed by atoms with Crippen molar-refractivity contribution in [1.82, 2.24) is 4.90 Å². The molecule has 0 saturated heterocycles. The Kier molecular flexibility index (Phi) is 4.38. The number of hydrogen-bond donors (Lipinski definition) is 2. The molecule has 1 heterocycles. The zero-order chi connectivity index (χ0) is 13.0. The highest BCUT2D eigenvalue weighted by molar-refractivity contribution is 5.76. The lowest BCUT2D eigenvalue weighted by atomic mass is 10.1. The van der Waals surface area contributed by atoms with Crippen LogP contribution in [0.15, 0.2) is 22.8 Å². The first kappa shape index (κ1) is 13.1. The number of nitrogens with zero attached hydrogens (tertiary/aromatic N) is 1. The van der Waals surface area contributed by atoms with Gasteiger partial charge in [0.25, 0.3) is 0 Å². The zero-order valence-electron chi connectivity index (χ0n) is 10.5. The summed E-state index contributed by atoms with van der Waals surface area (Å²) in [5.41, 5.74) is 11.2. The molecule has 1 aromatic rings. The van der Waals surface area contributed by atoms with Crippen molar-refractivity contribution >= 4 is 5.91 Å². The maximum Gasteiger partial charge on any atom is 0.231 e. The third kappa shape index (κ3) is 2.91. The van der Waals surface area contributed by atoms with Crippen molar-refractivity contribution in [3.63, 3.8) is 0 Å². The maximum absolute atomic E-state index is 11.3. The Balaban J connectivity index is 2.17. The van der Waals surface area contributed by atoms with E-state index in [1.165, 1.54) is 12.8 Å². The topological polar surface area (TPSA) is 85.5 Å². The van der Waals surface area contributed by atoms with Crippen LogP contribution in [0.5, 0.6) is 0 Å². The molecule has 1 aliphatic rings. The molecule has 5 nitrogen and oxygen atoms in total. The SMILES string of the molecule is NCC(c1ccco1)N(CC(N)=O)C1CCCC1. The molecule has 1 atom stereocenters. The van der Waals surface area contributed by atoms with Crippen molar-refractivity contribution in [3.8, 4) is 0 Å². The molecule has 1 fully saturated rings. The molecule has 4 N–H and O–H groups in total. The lowest BCUT2D eigenvalue weighted by Crippen LogP contribution is -2.44. The molecule has 100 valence electrons. The van der Waals surface area contributed by atoms with Gasteiger partial charge in [0.05, 0.1) is 18.8 Å². The van der Waals surface area contributed by atoms with E-state index < -0.39 is 0 Å². The molecule has 18 heavy (non-hydrogen) atoms. The fourth-order valence-electron chi connectivity index (χ4n) is 2.81. The quantitative estimate of drug-likeness (QED) is 0.790. The summed E-state index contributed by atoms with van der Waals surface area (Å²) in [5.74, 6) is 0.498. The molecule has 0 aromatic carbocycles. The van der Waals surface area contributed by atoms with E-state index in [0.717, 1.165) is 18.6 Å². The number of amides is 1. The van der Waals surface area contributed by atoms with E-state index in [1.54, 1.807) is 6.26 Å². The molecule has 5 heteroatoms. The number of carbonyl (C=O) groups excluding carboxylic acids is 1. The molecule has 1 amide bonds. The fraction of sp³-hybridized carbons (Fsp3) is 0.615. The van der Waals surface area contributed by atoms with Crippen molar-refractivity contribution < 1.29 is 9.21 Å². The van der Waals surface area contributed by atoms with Crippen molar-refractivity contribution in [2.24, 2.45) is 11.5 Å². The van der Waals surface area contributed by atoms with Gasteiger partial charge in [0.15, 0.2) is 0 Å². The number of carbonyl (C=O) groups is 1. The second-order valence-corrected chi connectivity index (χ2v) is 4.84. The van der Waals surface area contributed by atoms with E-state index in [1.807, 2.05) is 12.1 Å². The van der Waals surface area contributed by atoms with Gasteiger partial charge in [0.1, 0.15) is 5.76 Å². The van der Waals surface area contributed by atoms with E-state index in [-0.39, 0.29) is 18.5 Å². The first-order valence-corrected chi connectivity index (χ1v) is 6.50. The lowest BCUT2D eigenvalue weighted by molar-refractivity contribution is -0.120. The number of primary amides is 1. The van der Waals surface area contributed by atoms with Crippen LogP contribution in [0.3, 0.4) is 0 Å². The fourth-order valence-corrected chi connectivity index (χ4v) is 2.81. The molecule has 1 aromatic heterocycles. The predicted molar refractivity (Wildman–Crippen MR) is 68.7 cm³/mol. The molecule has 1 saturated carbocycles. The van der Waals surface area contributed by atoms with Crippen LogP contribution in [-0.2, 0) is 4.79 Å². The first-order chi connectivity index (χ1) is 8.72. The summed E-state index contributed by atoms with van der Waals surface area (Å²) in [5, 5.41) is 0. The highest BCUT2D eigenvalue weighted by atomic mass is 16.3. The van der Waals surface area contributed by atoms with Crippen molar-refractivity contribution in [2.75, 3.05) is 13.1 Å². The molecule has 0 radical (unpaired) electrons. The van der Waals surface area contributed by atoms with Gasteiger partial charge < -0.3 is 15.9 Å². The molecular weight excluding hydrogens is 230 g/mol. The van der Waals surface area contributed by atoms with Crippen LogP contribution in [0, 0.1) is 0 Å². The van der Waals surface area contributed by atoms with Gasteiger partial charge in [0, 0.05) is 12.6 Å². The van der Waals surface area contributed by atoms with E-state index >= 15 is 0 Å². The highest BCUT2D eigenvalue weighted by Gasteiger charge is 2.31. The molecule has 0 aliphatic heterocycles. The van der Waals surface area contributed by atoms with Gasteiger partial charge in [-0.2, -0.15) is 0 Å². The van der Waals surface area contributed by atoms with E-state index in [2.05, 4.69) is 4.90 Å². The molecule has 1 aliphatic carbocycles. The Labute approximate surface area is 107 Å². The maximum atomic E-state index is 11.3.